The van der Waals surface area contributed by atoms with Gasteiger partial charge in [-0.1, -0.05) is 19.1 Å². The lowest BCUT2D eigenvalue weighted by atomic mass is 10.1. The summed E-state index contributed by atoms with van der Waals surface area (Å²) in [6, 6.07) is 8.81. The minimum Gasteiger partial charge on any atom is -0.348 e. The summed E-state index contributed by atoms with van der Waals surface area (Å²) in [5.41, 5.74) is 2.61. The molecular weight excluding hydrogens is 380 g/mol. The van der Waals surface area contributed by atoms with Gasteiger partial charge in [0.2, 0.25) is 0 Å². The molecule has 1 amide bonds. The molecule has 8 heteroatoms. The lowest BCUT2D eigenvalue weighted by Gasteiger charge is -2.14. The molecule has 0 radical (unpaired) electrons. The highest BCUT2D eigenvalue weighted by atomic mass is 16.1. The van der Waals surface area contributed by atoms with Crippen molar-refractivity contribution in [3.05, 3.63) is 81.5 Å². The Kier molecular flexibility index (Phi) is 5.14. The molecule has 0 aliphatic heterocycles. The smallest absolute Gasteiger partial charge is 0.267 e. The van der Waals surface area contributed by atoms with Gasteiger partial charge in [0.25, 0.3) is 11.5 Å². The Morgan fingerprint density at radius 2 is 2.07 bits per heavy atom. The molecule has 0 atom stereocenters. The van der Waals surface area contributed by atoms with Crippen LogP contribution < -0.4 is 16.4 Å². The number of carbonyl (C=O) groups excluding carboxylic acids is 1. The molecule has 0 aromatic carbocycles. The molecular formula is C22H22N6O2. The van der Waals surface area contributed by atoms with Gasteiger partial charge in [-0.15, -0.1) is 0 Å². The minimum absolute atomic E-state index is 0.0397. The fourth-order valence-electron chi connectivity index (χ4n) is 3.49. The van der Waals surface area contributed by atoms with Gasteiger partial charge in [-0.25, -0.2) is 4.98 Å². The first-order valence-electron chi connectivity index (χ1n) is 9.78. The van der Waals surface area contributed by atoms with Crippen molar-refractivity contribution < 1.29 is 4.79 Å². The van der Waals surface area contributed by atoms with Crippen LogP contribution in [0.3, 0.4) is 0 Å². The third-order valence-corrected chi connectivity index (χ3v) is 5.00. The Morgan fingerprint density at radius 1 is 1.23 bits per heavy atom. The SMILES string of the molecule is CCCn1c(=N)c(C(=O)NCc2cccnc2)cc2c(=O)n3cccc(C)c3nc21. The number of nitrogens with one attached hydrogen (secondary N) is 2. The fraction of sp³-hybridized carbons (Fsp3) is 0.227. The number of fused-ring (bicyclic) bond motifs is 2. The molecule has 4 aromatic heterocycles. The first-order chi connectivity index (χ1) is 14.5. The van der Waals surface area contributed by atoms with E-state index in [4.69, 9.17) is 5.41 Å². The second-order valence-corrected chi connectivity index (χ2v) is 7.14. The van der Waals surface area contributed by atoms with Crippen LogP contribution in [0.15, 0.2) is 53.7 Å². The number of carbonyl (C=O) groups is 1. The molecule has 0 spiro atoms. The van der Waals surface area contributed by atoms with Gasteiger partial charge in [0.15, 0.2) is 0 Å². The number of aromatic nitrogens is 4. The Balaban J connectivity index is 1.88. The van der Waals surface area contributed by atoms with Gasteiger partial charge < -0.3 is 9.88 Å². The lowest BCUT2D eigenvalue weighted by molar-refractivity contribution is 0.0948. The van der Waals surface area contributed by atoms with Crippen molar-refractivity contribution in [3.63, 3.8) is 0 Å². The summed E-state index contributed by atoms with van der Waals surface area (Å²) in [7, 11) is 0. The van der Waals surface area contributed by atoms with E-state index < -0.39 is 5.91 Å². The van der Waals surface area contributed by atoms with Gasteiger partial charge in [0, 0.05) is 31.7 Å². The highest BCUT2D eigenvalue weighted by Crippen LogP contribution is 2.13. The number of aryl methyl sites for hydroxylation is 2. The predicted octanol–water partition coefficient (Wildman–Crippen LogP) is 2.17. The van der Waals surface area contributed by atoms with Crippen LogP contribution in [0.1, 0.15) is 34.8 Å². The van der Waals surface area contributed by atoms with Gasteiger partial charge in [0.1, 0.15) is 16.8 Å². The zero-order valence-electron chi connectivity index (χ0n) is 16.8. The first-order valence-corrected chi connectivity index (χ1v) is 9.78. The molecule has 0 fully saturated rings. The van der Waals surface area contributed by atoms with Crippen LogP contribution in [0.2, 0.25) is 0 Å². The van der Waals surface area contributed by atoms with Crippen molar-refractivity contribution >= 4 is 22.6 Å². The zero-order valence-corrected chi connectivity index (χ0v) is 16.8. The molecule has 0 aliphatic carbocycles. The predicted molar refractivity (Wildman–Crippen MR) is 113 cm³/mol. The van der Waals surface area contributed by atoms with E-state index in [2.05, 4.69) is 15.3 Å². The van der Waals surface area contributed by atoms with Gasteiger partial charge >= 0.3 is 0 Å². The number of amides is 1. The van der Waals surface area contributed by atoms with E-state index >= 15 is 0 Å². The highest BCUT2D eigenvalue weighted by molar-refractivity contribution is 5.96. The van der Waals surface area contributed by atoms with E-state index in [0.717, 1.165) is 17.5 Å². The molecule has 0 saturated heterocycles. The molecule has 4 aromatic rings. The minimum atomic E-state index is -0.413. The average molecular weight is 402 g/mol. The average Bonchev–Trinajstić information content (AvgIpc) is 2.76. The van der Waals surface area contributed by atoms with Gasteiger partial charge in [-0.05, 0) is 42.7 Å². The van der Waals surface area contributed by atoms with Crippen LogP contribution in [0.25, 0.3) is 16.7 Å². The molecule has 152 valence electrons. The first kappa shape index (κ1) is 19.5. The second-order valence-electron chi connectivity index (χ2n) is 7.14. The Hall–Kier alpha value is -3.81. The summed E-state index contributed by atoms with van der Waals surface area (Å²) < 4.78 is 3.12. The third-order valence-electron chi connectivity index (χ3n) is 5.00. The quantitative estimate of drug-likeness (QED) is 0.499. The summed E-state index contributed by atoms with van der Waals surface area (Å²) in [5, 5.41) is 11.7. The van der Waals surface area contributed by atoms with Crippen LogP contribution in [-0.2, 0) is 13.1 Å². The Morgan fingerprint density at radius 3 is 2.80 bits per heavy atom. The summed E-state index contributed by atoms with van der Waals surface area (Å²) in [6.07, 6.45) is 5.74. The van der Waals surface area contributed by atoms with Crippen molar-refractivity contribution in [2.75, 3.05) is 0 Å². The summed E-state index contributed by atoms with van der Waals surface area (Å²) in [4.78, 5) is 34.8. The summed E-state index contributed by atoms with van der Waals surface area (Å²) in [5.74, 6) is -0.413. The van der Waals surface area contributed by atoms with Gasteiger partial charge in [-0.3, -0.25) is 24.4 Å². The molecule has 2 N–H and O–H groups in total. The van der Waals surface area contributed by atoms with Crippen molar-refractivity contribution in [2.45, 2.75) is 33.4 Å². The van der Waals surface area contributed by atoms with Crippen molar-refractivity contribution in [2.24, 2.45) is 0 Å². The molecule has 0 bridgehead atoms. The van der Waals surface area contributed by atoms with Gasteiger partial charge in [0.05, 0.1) is 10.9 Å². The summed E-state index contributed by atoms with van der Waals surface area (Å²) >= 11 is 0. The molecule has 0 aliphatic rings. The monoisotopic (exact) mass is 402 g/mol. The number of rotatable bonds is 5. The topological polar surface area (TPSA) is 105 Å². The standard InChI is InChI=1S/C22H22N6O2/c1-3-9-27-18(23)16(21(29)25-13-15-7-4-8-24-12-15)11-17-20(27)26-19-14(2)6-5-10-28(19)22(17)30/h4-8,10-12,23H,3,9,13H2,1-2H3,(H,25,29). The fourth-order valence-corrected chi connectivity index (χ4v) is 3.49. The van der Waals surface area contributed by atoms with Crippen molar-refractivity contribution in [1.29, 1.82) is 5.41 Å². The van der Waals surface area contributed by atoms with E-state index in [1.165, 1.54) is 10.5 Å². The highest BCUT2D eigenvalue weighted by Gasteiger charge is 2.17. The maximum atomic E-state index is 13.2. The van der Waals surface area contributed by atoms with Crippen LogP contribution in [0.4, 0.5) is 0 Å². The number of nitrogens with zero attached hydrogens (tertiary/aromatic N) is 4. The molecule has 0 saturated carbocycles. The van der Waals surface area contributed by atoms with E-state index in [1.54, 1.807) is 35.3 Å². The Labute approximate surface area is 172 Å². The Bertz CT molecular complexity index is 1370. The van der Waals surface area contributed by atoms with E-state index in [-0.39, 0.29) is 23.2 Å². The molecule has 8 nitrogen and oxygen atoms in total. The molecule has 4 heterocycles. The lowest BCUT2D eigenvalue weighted by Crippen LogP contribution is -2.34. The van der Waals surface area contributed by atoms with Gasteiger partial charge in [-0.2, -0.15) is 0 Å². The number of pyridine rings is 3. The summed E-state index contributed by atoms with van der Waals surface area (Å²) in [6.45, 7) is 4.63. The van der Waals surface area contributed by atoms with Crippen LogP contribution >= 0.6 is 0 Å². The van der Waals surface area contributed by atoms with Crippen LogP contribution in [0.5, 0.6) is 0 Å². The van der Waals surface area contributed by atoms with Crippen molar-refractivity contribution in [1.82, 2.24) is 24.3 Å². The van der Waals surface area contributed by atoms with E-state index in [0.29, 0.717) is 23.2 Å². The van der Waals surface area contributed by atoms with Crippen LogP contribution in [0, 0.1) is 12.3 Å². The molecule has 30 heavy (non-hydrogen) atoms. The third kappa shape index (κ3) is 3.36. The molecule has 4 rings (SSSR count). The zero-order chi connectivity index (χ0) is 21.3. The normalized spacial score (nSPS) is 11.1. The maximum absolute atomic E-state index is 13.2. The number of hydrogen-bond donors (Lipinski definition) is 2. The van der Waals surface area contributed by atoms with E-state index in [1.807, 2.05) is 26.0 Å². The van der Waals surface area contributed by atoms with Crippen molar-refractivity contribution in [3.8, 4) is 0 Å². The number of hydrogen-bond acceptors (Lipinski definition) is 5. The van der Waals surface area contributed by atoms with E-state index in [9.17, 15) is 9.59 Å². The maximum Gasteiger partial charge on any atom is 0.267 e. The second kappa shape index (κ2) is 7.90. The largest absolute Gasteiger partial charge is 0.348 e. The molecule has 0 unspecified atom stereocenters. The van der Waals surface area contributed by atoms with Crippen LogP contribution in [-0.4, -0.2) is 24.8 Å².